The van der Waals surface area contributed by atoms with E-state index >= 15 is 0 Å². The first-order valence-electron chi connectivity index (χ1n) is 42.0. The van der Waals surface area contributed by atoms with Crippen molar-refractivity contribution in [1.29, 1.82) is 0 Å². The van der Waals surface area contributed by atoms with Gasteiger partial charge in [-0.15, -0.1) is 0 Å². The maximum absolute atomic E-state index is 12.9. The molecule has 0 saturated carbocycles. The maximum atomic E-state index is 12.9. The Morgan fingerprint density at radius 2 is 0.564 bits per heavy atom. The first-order valence-corrected chi connectivity index (χ1v) is 43.5. The monoisotopic (exact) mass is 1420 g/mol. The SMILES string of the molecule is CC/C=C\C/C=C\C/C=C\C/C=C\C/C=C\C/C=C\C/C=C\C/C=C\C/C=C\C/C=C\C/C=C\C/C=C\CCCCC(=O)OC(COC(=O)CCCCCCCCCCCCCCCCCCCCCCCCCCCCCCCCCCCCCCCC)COP(=O)([O-])OCC[N+](C)(C)C. The highest BCUT2D eigenvalue weighted by atomic mass is 31.2. The average Bonchev–Trinajstić information content (AvgIpc) is 0.973. The van der Waals surface area contributed by atoms with Crippen LogP contribution in [-0.4, -0.2) is 70.0 Å². The van der Waals surface area contributed by atoms with E-state index in [1.165, 1.54) is 225 Å². The molecule has 0 rings (SSSR count). The Morgan fingerprint density at radius 1 is 0.317 bits per heavy atom. The topological polar surface area (TPSA) is 111 Å². The zero-order valence-corrected chi connectivity index (χ0v) is 67.2. The molecule has 0 heterocycles. The second-order valence-corrected chi connectivity index (χ2v) is 30.5. The van der Waals surface area contributed by atoms with E-state index in [4.69, 9.17) is 18.5 Å². The molecule has 0 saturated heterocycles. The van der Waals surface area contributed by atoms with Crippen LogP contribution in [0.2, 0.25) is 0 Å². The molecule has 101 heavy (non-hydrogen) atoms. The van der Waals surface area contributed by atoms with Crippen molar-refractivity contribution >= 4 is 19.8 Å². The number of nitrogens with zero attached hydrogens (tertiary/aromatic N) is 1. The number of rotatable bonds is 77. The lowest BCUT2D eigenvalue weighted by Gasteiger charge is -2.28. The van der Waals surface area contributed by atoms with Crippen molar-refractivity contribution in [3.63, 3.8) is 0 Å². The van der Waals surface area contributed by atoms with Crippen molar-refractivity contribution in [1.82, 2.24) is 0 Å². The molecular formula is C91H158NO8P. The maximum Gasteiger partial charge on any atom is 0.306 e. The van der Waals surface area contributed by atoms with Crippen molar-refractivity contribution < 1.29 is 42.1 Å². The number of phosphoric acid groups is 1. The molecule has 10 heteroatoms. The number of carbonyl (C=O) groups excluding carboxylic acids is 2. The molecule has 0 aromatic carbocycles. The molecule has 0 aliphatic carbocycles. The van der Waals surface area contributed by atoms with E-state index in [0.29, 0.717) is 17.4 Å². The van der Waals surface area contributed by atoms with Crippen LogP contribution in [0, 0.1) is 0 Å². The fourth-order valence-corrected chi connectivity index (χ4v) is 12.5. The summed E-state index contributed by atoms with van der Waals surface area (Å²) in [7, 11) is 1.13. The van der Waals surface area contributed by atoms with Crippen LogP contribution in [0.3, 0.4) is 0 Å². The predicted octanol–water partition coefficient (Wildman–Crippen LogP) is 27.8. The van der Waals surface area contributed by atoms with E-state index in [1.54, 1.807) is 0 Å². The second kappa shape index (κ2) is 80.0. The summed E-state index contributed by atoms with van der Waals surface area (Å²) < 4.78 is 34.3. The van der Waals surface area contributed by atoms with Gasteiger partial charge >= 0.3 is 11.9 Å². The number of ether oxygens (including phenoxy) is 2. The van der Waals surface area contributed by atoms with Crippen molar-refractivity contribution in [2.24, 2.45) is 0 Å². The first kappa shape index (κ1) is 96.9. The van der Waals surface area contributed by atoms with Gasteiger partial charge in [-0.05, 0) is 103 Å². The van der Waals surface area contributed by atoms with Gasteiger partial charge < -0.3 is 27.9 Å². The van der Waals surface area contributed by atoms with E-state index in [1.807, 2.05) is 21.1 Å². The van der Waals surface area contributed by atoms with Crippen LogP contribution in [-0.2, 0) is 32.7 Å². The van der Waals surface area contributed by atoms with Crippen molar-refractivity contribution in [3.8, 4) is 0 Å². The Morgan fingerprint density at radius 3 is 0.842 bits per heavy atom. The van der Waals surface area contributed by atoms with Gasteiger partial charge in [0.15, 0.2) is 6.10 Å². The lowest BCUT2D eigenvalue weighted by Crippen LogP contribution is -2.37. The third-order valence-electron chi connectivity index (χ3n) is 18.1. The van der Waals surface area contributed by atoms with E-state index in [0.717, 1.165) is 109 Å². The van der Waals surface area contributed by atoms with E-state index < -0.39 is 32.5 Å². The number of carbonyl (C=O) groups is 2. The van der Waals surface area contributed by atoms with Crippen LogP contribution < -0.4 is 4.89 Å². The molecule has 0 aliphatic rings. The molecule has 9 nitrogen and oxygen atoms in total. The highest BCUT2D eigenvalue weighted by Gasteiger charge is 2.22. The number of unbranched alkanes of at least 4 members (excludes halogenated alkanes) is 39. The molecule has 0 aliphatic heterocycles. The normalized spacial score (nSPS) is 13.8. The molecule has 0 spiro atoms. The summed E-state index contributed by atoms with van der Waals surface area (Å²) in [6.45, 7) is 4.11. The smallest absolute Gasteiger partial charge is 0.306 e. The molecular weight excluding hydrogens is 1270 g/mol. The van der Waals surface area contributed by atoms with Crippen LogP contribution >= 0.6 is 7.82 Å². The molecule has 2 atom stereocenters. The molecule has 580 valence electrons. The van der Waals surface area contributed by atoms with Crippen molar-refractivity contribution in [2.45, 2.75) is 373 Å². The molecule has 0 bridgehead atoms. The van der Waals surface area contributed by atoms with E-state index in [-0.39, 0.29) is 26.1 Å². The largest absolute Gasteiger partial charge is 0.756 e. The lowest BCUT2D eigenvalue weighted by molar-refractivity contribution is -0.870. The van der Waals surface area contributed by atoms with Crippen LogP contribution in [0.4, 0.5) is 0 Å². The van der Waals surface area contributed by atoms with Crippen LogP contribution in [0.1, 0.15) is 367 Å². The fraction of sp³-hybridized carbons (Fsp3) is 0.714. The van der Waals surface area contributed by atoms with Gasteiger partial charge in [-0.2, -0.15) is 0 Å². The summed E-state index contributed by atoms with van der Waals surface area (Å²) >= 11 is 0. The minimum absolute atomic E-state index is 0.0452. The molecule has 0 aromatic heterocycles. The number of hydrogen-bond donors (Lipinski definition) is 0. The highest BCUT2D eigenvalue weighted by molar-refractivity contribution is 7.45. The van der Waals surface area contributed by atoms with Crippen LogP contribution in [0.15, 0.2) is 146 Å². The number of likely N-dealkylation sites (N-methyl/N-ethyl adjacent to an activating group) is 1. The Balaban J connectivity index is 4.05. The van der Waals surface area contributed by atoms with Crippen LogP contribution in [0.25, 0.3) is 0 Å². The quantitative estimate of drug-likeness (QED) is 0.0195. The number of quaternary nitrogens is 1. The number of phosphoric ester groups is 1. The van der Waals surface area contributed by atoms with Crippen molar-refractivity contribution in [3.05, 3.63) is 146 Å². The van der Waals surface area contributed by atoms with Gasteiger partial charge in [-0.3, -0.25) is 14.2 Å². The molecule has 0 fully saturated rings. The highest BCUT2D eigenvalue weighted by Crippen LogP contribution is 2.38. The predicted molar refractivity (Wildman–Crippen MR) is 438 cm³/mol. The molecule has 2 unspecified atom stereocenters. The first-order chi connectivity index (χ1) is 49.5. The Kier molecular flexibility index (Phi) is 76.7. The standard InChI is InChI=1S/C91H158NO8P/c1-6-8-10-12-14-16-18-20-22-24-26-28-30-32-34-36-38-40-42-44-46-48-50-52-54-56-58-60-62-64-66-68-70-72-74-76-78-80-82-84-91(94)100-89(88-99-101(95,96)98-86-85-92(3,4)5)87-97-90(93)83-81-79-77-75-73-71-69-67-65-63-61-59-57-55-53-51-49-47-45-43-41-39-37-35-33-31-29-27-25-23-21-19-17-15-13-11-9-7-2/h8,10,14,16,20,22,26,28,32,34,38,40,44,46,50,52,56,58,62,64,68,70,74,76,89H,6-7,9,11-13,15,17-19,21,23-25,27,29-31,33,35-37,39,41-43,45,47-49,51,53-55,57,59-61,63,65-67,69,71-73,75,77-88H2,1-5H3/b10-8-,16-14-,22-20-,28-26-,34-32-,40-38-,46-44-,52-50-,58-56-,64-62-,70-68-,76-74-. The molecule has 0 radical (unpaired) electrons. The zero-order valence-electron chi connectivity index (χ0n) is 66.3. The third kappa shape index (κ3) is 84.7. The summed E-state index contributed by atoms with van der Waals surface area (Å²) in [5.41, 5.74) is 0. The summed E-state index contributed by atoms with van der Waals surface area (Å²) in [6, 6.07) is 0. The molecule has 0 N–H and O–H groups in total. The Labute approximate surface area is 624 Å². The lowest BCUT2D eigenvalue weighted by atomic mass is 10.0. The third-order valence-corrected chi connectivity index (χ3v) is 19.1. The molecule has 0 amide bonds. The molecule has 0 aromatic rings. The van der Waals surface area contributed by atoms with Gasteiger partial charge in [0.1, 0.15) is 19.8 Å². The summed E-state index contributed by atoms with van der Waals surface area (Å²) in [5.74, 6) is -0.881. The van der Waals surface area contributed by atoms with Crippen molar-refractivity contribution in [2.75, 3.05) is 47.5 Å². The minimum atomic E-state index is -4.67. The van der Waals surface area contributed by atoms with Gasteiger partial charge in [0.2, 0.25) is 0 Å². The van der Waals surface area contributed by atoms with Crippen LogP contribution in [0.5, 0.6) is 0 Å². The Bertz CT molecular complexity index is 2220. The van der Waals surface area contributed by atoms with Gasteiger partial charge in [-0.1, -0.05) is 397 Å². The number of esters is 2. The summed E-state index contributed by atoms with van der Waals surface area (Å²) in [5, 5.41) is 0. The summed E-state index contributed by atoms with van der Waals surface area (Å²) in [6.07, 6.45) is 119. The van der Waals surface area contributed by atoms with Gasteiger partial charge in [0.25, 0.3) is 7.82 Å². The van der Waals surface area contributed by atoms with Gasteiger partial charge in [-0.25, -0.2) is 0 Å². The fourth-order valence-electron chi connectivity index (χ4n) is 11.8. The number of hydrogen-bond acceptors (Lipinski definition) is 8. The van der Waals surface area contributed by atoms with E-state index in [9.17, 15) is 19.0 Å². The van der Waals surface area contributed by atoms with Gasteiger partial charge in [0.05, 0.1) is 27.7 Å². The van der Waals surface area contributed by atoms with Gasteiger partial charge in [0, 0.05) is 12.8 Å². The number of allylic oxidation sites excluding steroid dienone is 24. The average molecular weight is 1430 g/mol. The van der Waals surface area contributed by atoms with E-state index in [2.05, 4.69) is 160 Å². The summed E-state index contributed by atoms with van der Waals surface area (Å²) in [4.78, 5) is 38.2. The Hall–Kier alpha value is -4.11. The zero-order chi connectivity index (χ0) is 73.3. The second-order valence-electron chi connectivity index (χ2n) is 29.1. The minimum Gasteiger partial charge on any atom is -0.756 e.